The third-order valence-corrected chi connectivity index (χ3v) is 6.13. The summed E-state index contributed by atoms with van der Waals surface area (Å²) in [7, 11) is 0. The molecular weight excluding hydrogens is 514 g/mol. The lowest BCUT2D eigenvalue weighted by atomic mass is 10.0. The van der Waals surface area contributed by atoms with Crippen LogP contribution in [-0.4, -0.2) is 42.7 Å². The quantitative estimate of drug-likeness (QED) is 0.107. The van der Waals surface area contributed by atoms with Crippen molar-refractivity contribution in [1.82, 2.24) is 16.1 Å². The molecule has 0 fully saturated rings. The first-order chi connectivity index (χ1) is 19.4. The molecule has 0 aliphatic carbocycles. The monoisotopic (exact) mass is 551 g/mol. The maximum Gasteiger partial charge on any atom is 0.335 e. The molecule has 3 aromatic rings. The summed E-state index contributed by atoms with van der Waals surface area (Å²) in [5, 5.41) is 14.8. The first kappa shape index (κ1) is 30.4. The van der Waals surface area contributed by atoms with Crippen LogP contribution in [0.4, 0.5) is 0 Å². The number of unbranched alkanes of at least 4 members (excludes halogenated alkanes) is 2. The van der Waals surface area contributed by atoms with E-state index < -0.39 is 11.9 Å². The molecule has 0 spiro atoms. The van der Waals surface area contributed by atoms with Crippen molar-refractivity contribution in [2.24, 2.45) is 5.92 Å². The van der Waals surface area contributed by atoms with Crippen molar-refractivity contribution < 1.29 is 33.5 Å². The molecule has 4 N–H and O–H groups in total. The number of carboxylic acid groups (broad SMARTS) is 1. The topological polar surface area (TPSA) is 139 Å². The fourth-order valence-electron chi connectivity index (χ4n) is 4.01. The number of benzene rings is 2. The zero-order chi connectivity index (χ0) is 28.7. The van der Waals surface area contributed by atoms with Crippen LogP contribution in [0, 0.1) is 5.92 Å². The van der Waals surface area contributed by atoms with Crippen LogP contribution >= 0.6 is 0 Å². The summed E-state index contributed by atoms with van der Waals surface area (Å²) in [5.74, 6) is -1.41. The van der Waals surface area contributed by atoms with Crippen LogP contribution in [0.2, 0.25) is 0 Å². The Kier molecular flexibility index (Phi) is 12.2. The number of ether oxygens (including phenoxy) is 1. The average molecular weight is 552 g/mol. The molecule has 10 nitrogen and oxygen atoms in total. The summed E-state index contributed by atoms with van der Waals surface area (Å²) in [4.78, 5) is 42.5. The van der Waals surface area contributed by atoms with E-state index in [0.29, 0.717) is 43.3 Å². The molecule has 0 saturated carbocycles. The van der Waals surface area contributed by atoms with E-state index in [1.165, 1.54) is 18.2 Å². The number of hydroxylamine groups is 1. The third kappa shape index (κ3) is 9.55. The van der Waals surface area contributed by atoms with Gasteiger partial charge in [-0.1, -0.05) is 56.5 Å². The number of carboxylic acids is 1. The van der Waals surface area contributed by atoms with Gasteiger partial charge < -0.3 is 24.9 Å². The van der Waals surface area contributed by atoms with Crippen LogP contribution in [0.1, 0.15) is 66.0 Å². The smallest absolute Gasteiger partial charge is 0.335 e. The molecular formula is C30H37N3O7. The standard InChI is InChI=1S/C30H37N3O7/c1-3-5-7-12-22(18-33-39-19-21-10-8-6-9-11-21)28(34)31-20-32-29(35)27-14-13-26(40-27)23-15-24(30(36)37)17-25(16-23)38-4-2/h6,8-11,13-17,22,33H,3-5,7,12,18-20H2,1-2H3,(H,31,34)(H,32,35)(H,36,37)/t22-/m1/s1. The lowest BCUT2D eigenvalue weighted by Gasteiger charge is -2.17. The van der Waals surface area contributed by atoms with Gasteiger partial charge in [0, 0.05) is 12.1 Å². The van der Waals surface area contributed by atoms with Crippen molar-refractivity contribution in [1.29, 1.82) is 0 Å². The number of aromatic carboxylic acids is 1. The minimum atomic E-state index is -1.10. The second kappa shape index (κ2) is 16.1. The highest BCUT2D eigenvalue weighted by atomic mass is 16.6. The lowest BCUT2D eigenvalue weighted by molar-refractivity contribution is -0.126. The summed E-state index contributed by atoms with van der Waals surface area (Å²) >= 11 is 0. The average Bonchev–Trinajstić information content (AvgIpc) is 3.45. The highest BCUT2D eigenvalue weighted by molar-refractivity contribution is 5.93. The maximum absolute atomic E-state index is 12.8. The number of nitrogens with one attached hydrogen (secondary N) is 3. The van der Waals surface area contributed by atoms with Gasteiger partial charge in [-0.05, 0) is 49.2 Å². The normalized spacial score (nSPS) is 11.6. The number of amides is 2. The predicted molar refractivity (Wildman–Crippen MR) is 150 cm³/mol. The Morgan fingerprint density at radius 2 is 1.77 bits per heavy atom. The Morgan fingerprint density at radius 1 is 0.975 bits per heavy atom. The molecule has 214 valence electrons. The molecule has 2 aromatic carbocycles. The van der Waals surface area contributed by atoms with Crippen molar-refractivity contribution in [2.75, 3.05) is 19.8 Å². The van der Waals surface area contributed by atoms with Gasteiger partial charge >= 0.3 is 5.97 Å². The van der Waals surface area contributed by atoms with Crippen molar-refractivity contribution in [2.45, 2.75) is 46.1 Å². The van der Waals surface area contributed by atoms with Gasteiger partial charge in [0.1, 0.15) is 11.5 Å². The van der Waals surface area contributed by atoms with Gasteiger partial charge in [-0.2, -0.15) is 0 Å². The van der Waals surface area contributed by atoms with Gasteiger partial charge in [0.05, 0.1) is 31.4 Å². The number of carbonyl (C=O) groups is 3. The molecule has 1 atom stereocenters. The SMILES string of the molecule is CCCCC[C@H](CNOCc1ccccc1)C(=O)NCNC(=O)c1ccc(-c2cc(OCC)cc(C(=O)O)c2)o1. The minimum Gasteiger partial charge on any atom is -0.494 e. The van der Waals surface area contributed by atoms with Crippen molar-refractivity contribution in [3.8, 4) is 17.1 Å². The second-order valence-corrected chi connectivity index (χ2v) is 9.19. The van der Waals surface area contributed by atoms with E-state index in [9.17, 15) is 19.5 Å². The number of furan rings is 1. The molecule has 1 heterocycles. The Hall–Kier alpha value is -4.15. The summed E-state index contributed by atoms with van der Waals surface area (Å²) in [5.41, 5.74) is 4.43. The van der Waals surface area contributed by atoms with E-state index in [0.717, 1.165) is 24.8 Å². The van der Waals surface area contributed by atoms with Crippen LogP contribution in [0.5, 0.6) is 5.75 Å². The van der Waals surface area contributed by atoms with Gasteiger partial charge in [0.25, 0.3) is 5.91 Å². The molecule has 1 aromatic heterocycles. The van der Waals surface area contributed by atoms with Crippen LogP contribution in [0.25, 0.3) is 11.3 Å². The lowest BCUT2D eigenvalue weighted by Crippen LogP contribution is -2.42. The Balaban J connectivity index is 1.52. The van der Waals surface area contributed by atoms with Crippen molar-refractivity contribution in [3.63, 3.8) is 0 Å². The minimum absolute atomic E-state index is 0.0263. The highest BCUT2D eigenvalue weighted by Crippen LogP contribution is 2.28. The first-order valence-corrected chi connectivity index (χ1v) is 13.5. The first-order valence-electron chi connectivity index (χ1n) is 13.5. The van der Waals surface area contributed by atoms with Crippen LogP contribution in [0.3, 0.4) is 0 Å². The summed E-state index contributed by atoms with van der Waals surface area (Å²) in [6.07, 6.45) is 3.66. The molecule has 0 saturated heterocycles. The fraction of sp³-hybridized carbons (Fsp3) is 0.367. The molecule has 2 amide bonds. The van der Waals surface area contributed by atoms with Gasteiger partial charge in [-0.25, -0.2) is 10.3 Å². The molecule has 3 rings (SSSR count). The third-order valence-electron chi connectivity index (χ3n) is 6.13. The molecule has 0 aliphatic heterocycles. The van der Waals surface area contributed by atoms with E-state index in [4.69, 9.17) is 14.0 Å². The van der Waals surface area contributed by atoms with Gasteiger partial charge in [-0.15, -0.1) is 0 Å². The van der Waals surface area contributed by atoms with Crippen LogP contribution in [-0.2, 0) is 16.2 Å². The van der Waals surface area contributed by atoms with Crippen LogP contribution in [0.15, 0.2) is 65.1 Å². The number of rotatable bonds is 17. The largest absolute Gasteiger partial charge is 0.494 e. The van der Waals surface area contributed by atoms with Crippen LogP contribution < -0.4 is 20.9 Å². The summed E-state index contributed by atoms with van der Waals surface area (Å²) in [6, 6.07) is 17.3. The van der Waals surface area contributed by atoms with E-state index in [1.807, 2.05) is 30.3 Å². The Bertz CT molecular complexity index is 1240. The molecule has 0 unspecified atom stereocenters. The Morgan fingerprint density at radius 3 is 2.50 bits per heavy atom. The molecule has 0 bridgehead atoms. The van der Waals surface area contributed by atoms with Gasteiger partial charge in [0.2, 0.25) is 5.91 Å². The van der Waals surface area contributed by atoms with Crippen molar-refractivity contribution in [3.05, 3.63) is 77.6 Å². The number of hydrogen-bond acceptors (Lipinski definition) is 7. The summed E-state index contributed by atoms with van der Waals surface area (Å²) in [6.45, 7) is 4.93. The van der Waals surface area contributed by atoms with Gasteiger partial charge in [0.15, 0.2) is 5.76 Å². The van der Waals surface area contributed by atoms with Crippen molar-refractivity contribution >= 4 is 17.8 Å². The second-order valence-electron chi connectivity index (χ2n) is 9.19. The van der Waals surface area contributed by atoms with E-state index >= 15 is 0 Å². The van der Waals surface area contributed by atoms with E-state index in [2.05, 4.69) is 23.0 Å². The molecule has 0 aliphatic rings. The van der Waals surface area contributed by atoms with E-state index in [1.54, 1.807) is 19.1 Å². The zero-order valence-corrected chi connectivity index (χ0v) is 22.9. The molecule has 40 heavy (non-hydrogen) atoms. The van der Waals surface area contributed by atoms with E-state index in [-0.39, 0.29) is 29.8 Å². The Labute approximate surface area is 234 Å². The maximum atomic E-state index is 12.8. The van der Waals surface area contributed by atoms with Gasteiger partial charge in [-0.3, -0.25) is 14.4 Å². The molecule has 0 radical (unpaired) electrons. The number of hydrogen-bond donors (Lipinski definition) is 4. The summed E-state index contributed by atoms with van der Waals surface area (Å²) < 4.78 is 11.1. The molecule has 10 heteroatoms. The predicted octanol–water partition coefficient (Wildman–Crippen LogP) is 4.76. The fourth-order valence-corrected chi connectivity index (χ4v) is 4.01. The zero-order valence-electron chi connectivity index (χ0n) is 22.9. The highest BCUT2D eigenvalue weighted by Gasteiger charge is 2.19. The number of carbonyl (C=O) groups excluding carboxylic acids is 2.